The Balaban J connectivity index is 2.13. The van der Waals surface area contributed by atoms with Crippen LogP contribution in [0.4, 0.5) is 0 Å². The minimum Gasteiger partial charge on any atom is -0.355 e. The number of carbonyl (C=O) groups excluding carboxylic acids is 1. The molecule has 0 radical (unpaired) electrons. The van der Waals surface area contributed by atoms with Crippen LogP contribution in [0.1, 0.15) is 20.3 Å². The number of para-hydroxylation sites is 1. The second-order valence-corrected chi connectivity index (χ2v) is 8.32. The maximum absolute atomic E-state index is 13.2. The minimum absolute atomic E-state index is 0.102. The zero-order chi connectivity index (χ0) is 20.3. The van der Waals surface area contributed by atoms with Crippen LogP contribution in [0, 0.1) is 0 Å². The first-order valence-corrected chi connectivity index (χ1v) is 10.5. The van der Waals surface area contributed by atoms with Crippen LogP contribution < -0.4 is 10.9 Å². The van der Waals surface area contributed by atoms with E-state index in [1.165, 1.54) is 16.3 Å². The van der Waals surface area contributed by atoms with Crippen LogP contribution in [0.5, 0.6) is 0 Å². The van der Waals surface area contributed by atoms with Crippen LogP contribution in [0.25, 0.3) is 16.6 Å². The number of nitrogens with zero attached hydrogens (tertiary/aromatic N) is 2. The van der Waals surface area contributed by atoms with Gasteiger partial charge in [0, 0.05) is 6.54 Å². The number of thioether (sulfide) groups is 1. The molecule has 0 unspecified atom stereocenters. The second kappa shape index (κ2) is 8.99. The molecule has 0 spiro atoms. The van der Waals surface area contributed by atoms with Crippen molar-refractivity contribution >= 4 is 51.8 Å². The van der Waals surface area contributed by atoms with E-state index in [2.05, 4.69) is 10.3 Å². The number of nitrogens with one attached hydrogen (secondary N) is 1. The highest BCUT2D eigenvalue weighted by Gasteiger charge is 2.20. The topological polar surface area (TPSA) is 64.0 Å². The Morgan fingerprint density at radius 3 is 2.68 bits per heavy atom. The van der Waals surface area contributed by atoms with Crippen LogP contribution in [0.15, 0.2) is 52.4 Å². The molecule has 2 aromatic carbocycles. The number of fused-ring (bicyclic) bond motifs is 1. The predicted octanol–water partition coefficient (Wildman–Crippen LogP) is 4.70. The molecule has 0 bridgehead atoms. The predicted molar refractivity (Wildman–Crippen MR) is 116 cm³/mol. The SMILES string of the molecule is CCCNC(=O)[C@H](C)Sc1nc2ccccc2c(=O)n1-c1ccc(Cl)c(Cl)c1. The summed E-state index contributed by atoms with van der Waals surface area (Å²) in [6, 6.07) is 12.1. The molecule has 0 aliphatic rings. The van der Waals surface area contributed by atoms with E-state index in [1.807, 2.05) is 13.0 Å². The summed E-state index contributed by atoms with van der Waals surface area (Å²) in [6.45, 7) is 4.38. The largest absolute Gasteiger partial charge is 0.355 e. The van der Waals surface area contributed by atoms with Crippen LogP contribution >= 0.6 is 35.0 Å². The van der Waals surface area contributed by atoms with Gasteiger partial charge in [-0.25, -0.2) is 4.98 Å². The Morgan fingerprint density at radius 2 is 1.96 bits per heavy atom. The van der Waals surface area contributed by atoms with Gasteiger partial charge in [0.25, 0.3) is 5.56 Å². The van der Waals surface area contributed by atoms with Crippen LogP contribution in [-0.4, -0.2) is 27.3 Å². The van der Waals surface area contributed by atoms with Gasteiger partial charge in [0.05, 0.1) is 31.9 Å². The zero-order valence-electron chi connectivity index (χ0n) is 15.4. The van der Waals surface area contributed by atoms with Crippen molar-refractivity contribution in [2.75, 3.05) is 6.54 Å². The highest BCUT2D eigenvalue weighted by atomic mass is 35.5. The average Bonchev–Trinajstić information content (AvgIpc) is 2.68. The van der Waals surface area contributed by atoms with Crippen molar-refractivity contribution in [1.29, 1.82) is 0 Å². The number of amides is 1. The van der Waals surface area contributed by atoms with E-state index < -0.39 is 5.25 Å². The number of hydrogen-bond acceptors (Lipinski definition) is 4. The molecule has 0 fully saturated rings. The molecule has 3 rings (SSSR count). The maximum Gasteiger partial charge on any atom is 0.266 e. The van der Waals surface area contributed by atoms with Crippen LogP contribution in [0.2, 0.25) is 10.0 Å². The van der Waals surface area contributed by atoms with Gasteiger partial charge in [0.1, 0.15) is 0 Å². The van der Waals surface area contributed by atoms with E-state index in [1.54, 1.807) is 43.3 Å². The van der Waals surface area contributed by atoms with Crippen molar-refractivity contribution in [2.45, 2.75) is 30.7 Å². The van der Waals surface area contributed by atoms with E-state index in [9.17, 15) is 9.59 Å². The van der Waals surface area contributed by atoms with Gasteiger partial charge in [-0.3, -0.25) is 14.2 Å². The fraction of sp³-hybridized carbons (Fsp3) is 0.250. The lowest BCUT2D eigenvalue weighted by atomic mass is 10.2. The van der Waals surface area contributed by atoms with Gasteiger partial charge >= 0.3 is 0 Å². The number of rotatable bonds is 6. The summed E-state index contributed by atoms with van der Waals surface area (Å²) >= 11 is 13.4. The monoisotopic (exact) mass is 435 g/mol. The van der Waals surface area contributed by atoms with Gasteiger partial charge in [0.15, 0.2) is 5.16 Å². The summed E-state index contributed by atoms with van der Waals surface area (Å²) in [6.07, 6.45) is 0.853. The van der Waals surface area contributed by atoms with Crippen molar-refractivity contribution in [3.05, 3.63) is 62.9 Å². The molecule has 1 atom stereocenters. The third-order valence-corrected chi connectivity index (χ3v) is 5.90. The fourth-order valence-corrected chi connectivity index (χ4v) is 3.89. The molecule has 1 N–H and O–H groups in total. The molecule has 5 nitrogen and oxygen atoms in total. The first-order valence-electron chi connectivity index (χ1n) is 8.84. The van der Waals surface area contributed by atoms with Crippen molar-refractivity contribution < 1.29 is 4.79 Å². The van der Waals surface area contributed by atoms with Crippen molar-refractivity contribution in [3.8, 4) is 5.69 Å². The van der Waals surface area contributed by atoms with Gasteiger partial charge in [-0.1, -0.05) is 54.0 Å². The van der Waals surface area contributed by atoms with Crippen molar-refractivity contribution in [3.63, 3.8) is 0 Å². The molecule has 1 amide bonds. The Labute approximate surface area is 177 Å². The summed E-state index contributed by atoms with van der Waals surface area (Å²) in [5, 5.41) is 4.08. The van der Waals surface area contributed by atoms with Crippen LogP contribution in [0.3, 0.4) is 0 Å². The minimum atomic E-state index is -0.423. The Bertz CT molecular complexity index is 1080. The Morgan fingerprint density at radius 1 is 1.21 bits per heavy atom. The number of carbonyl (C=O) groups is 1. The van der Waals surface area contributed by atoms with E-state index in [4.69, 9.17) is 23.2 Å². The molecule has 1 aromatic heterocycles. The molecular formula is C20H19Cl2N3O2S. The number of benzene rings is 2. The normalized spacial score (nSPS) is 12.1. The summed E-state index contributed by atoms with van der Waals surface area (Å²) in [4.78, 5) is 30.2. The average molecular weight is 436 g/mol. The van der Waals surface area contributed by atoms with Crippen molar-refractivity contribution in [2.24, 2.45) is 0 Å². The molecule has 28 heavy (non-hydrogen) atoms. The van der Waals surface area contributed by atoms with Gasteiger partial charge in [0.2, 0.25) is 5.91 Å². The Kier molecular flexibility index (Phi) is 6.65. The van der Waals surface area contributed by atoms with E-state index >= 15 is 0 Å². The third kappa shape index (κ3) is 4.35. The fourth-order valence-electron chi connectivity index (χ4n) is 2.65. The number of halogens is 2. The third-order valence-electron chi connectivity index (χ3n) is 4.11. The van der Waals surface area contributed by atoms with Gasteiger partial charge in [-0.15, -0.1) is 0 Å². The highest BCUT2D eigenvalue weighted by Crippen LogP contribution is 2.28. The molecule has 1 heterocycles. The van der Waals surface area contributed by atoms with Gasteiger partial charge in [-0.2, -0.15) is 0 Å². The second-order valence-electron chi connectivity index (χ2n) is 6.20. The quantitative estimate of drug-likeness (QED) is 0.450. The number of aromatic nitrogens is 2. The molecule has 0 aliphatic carbocycles. The van der Waals surface area contributed by atoms with Gasteiger partial charge < -0.3 is 5.32 Å². The summed E-state index contributed by atoms with van der Waals surface area (Å²) < 4.78 is 1.47. The molecule has 0 saturated heterocycles. The lowest BCUT2D eigenvalue weighted by Crippen LogP contribution is -2.32. The van der Waals surface area contributed by atoms with Crippen LogP contribution in [-0.2, 0) is 4.79 Å². The first kappa shape index (κ1) is 20.7. The smallest absolute Gasteiger partial charge is 0.266 e. The molecule has 0 saturated carbocycles. The number of hydrogen-bond donors (Lipinski definition) is 1. The lowest BCUT2D eigenvalue weighted by Gasteiger charge is -2.16. The zero-order valence-corrected chi connectivity index (χ0v) is 17.7. The van der Waals surface area contributed by atoms with E-state index in [0.717, 1.165) is 6.42 Å². The summed E-state index contributed by atoms with van der Waals surface area (Å²) in [7, 11) is 0. The molecule has 0 aliphatic heterocycles. The Hall–Kier alpha value is -2.02. The van der Waals surface area contributed by atoms with Gasteiger partial charge in [-0.05, 0) is 43.7 Å². The molecular weight excluding hydrogens is 417 g/mol. The molecule has 3 aromatic rings. The molecule has 8 heteroatoms. The lowest BCUT2D eigenvalue weighted by molar-refractivity contribution is -0.120. The maximum atomic E-state index is 13.2. The first-order chi connectivity index (χ1) is 13.4. The van der Waals surface area contributed by atoms with E-state index in [0.29, 0.717) is 38.3 Å². The molecule has 146 valence electrons. The standard InChI is InChI=1S/C20H19Cl2N3O2S/c1-3-10-23-18(26)12(2)28-20-24-17-7-5-4-6-14(17)19(27)25(20)13-8-9-15(21)16(22)11-13/h4-9,11-12H,3,10H2,1-2H3,(H,23,26)/t12-/m0/s1. The summed E-state index contributed by atoms with van der Waals surface area (Å²) in [5.41, 5.74) is 0.890. The van der Waals surface area contributed by atoms with E-state index in [-0.39, 0.29) is 11.5 Å². The summed E-state index contributed by atoms with van der Waals surface area (Å²) in [5.74, 6) is -0.102. The van der Waals surface area contributed by atoms with Crippen molar-refractivity contribution in [1.82, 2.24) is 14.9 Å². The highest BCUT2D eigenvalue weighted by molar-refractivity contribution is 8.00.